The molecule has 4 aromatic rings. The molecule has 0 bridgehead atoms. The highest BCUT2D eigenvalue weighted by atomic mass is 32.2. The molecule has 2 aromatic heterocycles. The number of hydrogen-bond acceptors (Lipinski definition) is 7. The fourth-order valence-corrected chi connectivity index (χ4v) is 5.66. The maximum atomic E-state index is 13.0. The van der Waals surface area contributed by atoms with Crippen LogP contribution in [0.5, 0.6) is 5.75 Å². The number of carbonyl (C=O) groups is 1. The molecule has 0 saturated carbocycles. The fourth-order valence-electron chi connectivity index (χ4n) is 4.11. The Bertz CT molecular complexity index is 1230. The summed E-state index contributed by atoms with van der Waals surface area (Å²) in [6.45, 7) is 4.19. The normalized spacial score (nSPS) is 14.3. The zero-order valence-corrected chi connectivity index (χ0v) is 21.2. The third-order valence-electron chi connectivity index (χ3n) is 6.00. The van der Waals surface area contributed by atoms with Gasteiger partial charge in [-0.25, -0.2) is 0 Å². The molecule has 2 aromatic carbocycles. The zero-order chi connectivity index (χ0) is 24.0. The molecule has 1 amide bonds. The highest BCUT2D eigenvalue weighted by Gasteiger charge is 2.23. The van der Waals surface area contributed by atoms with Gasteiger partial charge in [0.1, 0.15) is 5.75 Å². The number of rotatable bonds is 8. The first-order chi connectivity index (χ1) is 17.2. The quantitative estimate of drug-likeness (QED) is 0.330. The van der Waals surface area contributed by atoms with Crippen LogP contribution in [0.4, 0.5) is 0 Å². The van der Waals surface area contributed by atoms with Crippen molar-refractivity contribution >= 4 is 29.0 Å². The molecule has 0 unspecified atom stereocenters. The summed E-state index contributed by atoms with van der Waals surface area (Å²) in [4.78, 5) is 18.4. The van der Waals surface area contributed by atoms with Gasteiger partial charge in [0.25, 0.3) is 0 Å². The Morgan fingerprint density at radius 1 is 0.971 bits per heavy atom. The van der Waals surface area contributed by atoms with Gasteiger partial charge in [0.15, 0.2) is 11.0 Å². The number of hydrogen-bond donors (Lipinski definition) is 0. The molecule has 1 fully saturated rings. The van der Waals surface area contributed by atoms with E-state index in [1.54, 1.807) is 18.4 Å². The minimum absolute atomic E-state index is 0.135. The number of nitrogens with zero attached hydrogens (tertiary/aromatic N) is 5. The number of thiophene rings is 1. The van der Waals surface area contributed by atoms with E-state index in [0.717, 1.165) is 54.9 Å². The first-order valence-corrected chi connectivity index (χ1v) is 13.4. The van der Waals surface area contributed by atoms with E-state index < -0.39 is 0 Å². The van der Waals surface area contributed by atoms with E-state index in [-0.39, 0.29) is 5.91 Å². The second-order valence-corrected chi connectivity index (χ2v) is 10.1. The predicted molar refractivity (Wildman–Crippen MR) is 140 cm³/mol. The van der Waals surface area contributed by atoms with Crippen LogP contribution in [0.15, 0.2) is 77.3 Å². The van der Waals surface area contributed by atoms with E-state index in [9.17, 15) is 4.79 Å². The summed E-state index contributed by atoms with van der Waals surface area (Å²) in [6.07, 6.45) is 0. The van der Waals surface area contributed by atoms with Crippen molar-refractivity contribution in [2.75, 3.05) is 39.0 Å². The van der Waals surface area contributed by atoms with Crippen LogP contribution in [-0.4, -0.2) is 69.5 Å². The molecule has 1 saturated heterocycles. The van der Waals surface area contributed by atoms with E-state index in [0.29, 0.717) is 10.9 Å². The molecule has 35 heavy (non-hydrogen) atoms. The van der Waals surface area contributed by atoms with Gasteiger partial charge in [0, 0.05) is 32.7 Å². The van der Waals surface area contributed by atoms with Crippen LogP contribution in [0.3, 0.4) is 0 Å². The molecule has 3 heterocycles. The van der Waals surface area contributed by atoms with E-state index in [4.69, 9.17) is 4.74 Å². The average Bonchev–Trinajstić information content (AvgIpc) is 3.58. The van der Waals surface area contributed by atoms with Crippen LogP contribution in [0.1, 0.15) is 5.56 Å². The van der Waals surface area contributed by atoms with Gasteiger partial charge in [-0.2, -0.15) is 0 Å². The number of carbonyl (C=O) groups excluding carboxylic acids is 1. The molecule has 0 radical (unpaired) electrons. The Kier molecular flexibility index (Phi) is 7.46. The highest BCUT2D eigenvalue weighted by molar-refractivity contribution is 7.99. The summed E-state index contributed by atoms with van der Waals surface area (Å²) in [5, 5.41) is 11.6. The predicted octanol–water partition coefficient (Wildman–Crippen LogP) is 4.44. The van der Waals surface area contributed by atoms with Gasteiger partial charge >= 0.3 is 0 Å². The van der Waals surface area contributed by atoms with Gasteiger partial charge in [-0.1, -0.05) is 48.2 Å². The molecular weight excluding hydrogens is 478 g/mol. The highest BCUT2D eigenvalue weighted by Crippen LogP contribution is 2.31. The number of piperazine rings is 1. The van der Waals surface area contributed by atoms with Crippen LogP contribution >= 0.6 is 23.1 Å². The summed E-state index contributed by atoms with van der Waals surface area (Å²) in [5.74, 6) is 2.03. The fraction of sp³-hybridized carbons (Fsp3) is 0.269. The van der Waals surface area contributed by atoms with E-state index >= 15 is 0 Å². The zero-order valence-electron chi connectivity index (χ0n) is 19.5. The van der Waals surface area contributed by atoms with Crippen molar-refractivity contribution in [2.24, 2.45) is 0 Å². The SMILES string of the molecule is COc1ccc(-n2c(SCC(=O)N3CCN(Cc4ccccc4)CC3)nnc2-c2cccs2)cc1. The van der Waals surface area contributed by atoms with E-state index in [1.165, 1.54) is 17.3 Å². The van der Waals surface area contributed by atoms with Crippen LogP contribution in [0.2, 0.25) is 0 Å². The Labute approximate surface area is 213 Å². The lowest BCUT2D eigenvalue weighted by Crippen LogP contribution is -2.48. The van der Waals surface area contributed by atoms with Gasteiger partial charge in [-0.05, 0) is 41.3 Å². The molecule has 7 nitrogen and oxygen atoms in total. The van der Waals surface area contributed by atoms with Gasteiger partial charge in [0.05, 0.1) is 23.4 Å². The molecule has 0 atom stereocenters. The van der Waals surface area contributed by atoms with Crippen molar-refractivity contribution in [3.63, 3.8) is 0 Å². The maximum absolute atomic E-state index is 13.0. The van der Waals surface area contributed by atoms with Crippen LogP contribution in [0.25, 0.3) is 16.4 Å². The second kappa shape index (κ2) is 11.1. The molecule has 0 aliphatic carbocycles. The van der Waals surface area contributed by atoms with E-state index in [1.807, 2.05) is 57.3 Å². The Balaban J connectivity index is 1.24. The first kappa shape index (κ1) is 23.6. The monoisotopic (exact) mass is 505 g/mol. The molecular formula is C26H27N5O2S2. The van der Waals surface area contributed by atoms with Crippen molar-refractivity contribution in [2.45, 2.75) is 11.7 Å². The van der Waals surface area contributed by atoms with Crippen molar-refractivity contribution in [1.82, 2.24) is 24.6 Å². The standard InChI is InChI=1S/C26H27N5O2S2/c1-33-22-11-9-21(10-12-22)31-25(23-8-5-17-34-23)27-28-26(31)35-19-24(32)30-15-13-29(14-16-30)18-20-6-3-2-4-7-20/h2-12,17H,13-16,18-19H2,1H3. The van der Waals surface area contributed by atoms with Gasteiger partial charge in [0.2, 0.25) is 5.91 Å². The summed E-state index contributed by atoms with van der Waals surface area (Å²) < 4.78 is 7.32. The molecule has 0 N–H and O–H groups in total. The maximum Gasteiger partial charge on any atom is 0.233 e. The lowest BCUT2D eigenvalue weighted by atomic mass is 10.2. The van der Waals surface area contributed by atoms with Crippen LogP contribution < -0.4 is 4.74 Å². The number of benzene rings is 2. The largest absolute Gasteiger partial charge is 0.497 e. The Morgan fingerprint density at radius 3 is 2.43 bits per heavy atom. The van der Waals surface area contributed by atoms with E-state index in [2.05, 4.69) is 39.4 Å². The third kappa shape index (κ3) is 5.58. The van der Waals surface area contributed by atoms with Crippen molar-refractivity contribution < 1.29 is 9.53 Å². The van der Waals surface area contributed by atoms with Crippen molar-refractivity contribution in [1.29, 1.82) is 0 Å². The average molecular weight is 506 g/mol. The van der Waals surface area contributed by atoms with Crippen LogP contribution in [-0.2, 0) is 11.3 Å². The Morgan fingerprint density at radius 2 is 1.74 bits per heavy atom. The van der Waals surface area contributed by atoms with Gasteiger partial charge < -0.3 is 9.64 Å². The van der Waals surface area contributed by atoms with Crippen LogP contribution in [0, 0.1) is 0 Å². The number of methoxy groups -OCH3 is 1. The van der Waals surface area contributed by atoms with Gasteiger partial charge in [-0.15, -0.1) is 21.5 Å². The Hall–Kier alpha value is -3.14. The minimum Gasteiger partial charge on any atom is -0.497 e. The first-order valence-electron chi connectivity index (χ1n) is 11.5. The summed E-state index contributed by atoms with van der Waals surface area (Å²) in [5.41, 5.74) is 2.24. The number of ether oxygens (including phenoxy) is 1. The molecule has 180 valence electrons. The topological polar surface area (TPSA) is 63.5 Å². The summed E-state index contributed by atoms with van der Waals surface area (Å²) in [6, 6.07) is 22.3. The van der Waals surface area contributed by atoms with Crippen molar-refractivity contribution in [3.8, 4) is 22.1 Å². The second-order valence-electron chi connectivity index (χ2n) is 8.25. The number of aromatic nitrogens is 3. The molecule has 1 aliphatic heterocycles. The lowest BCUT2D eigenvalue weighted by molar-refractivity contribution is -0.130. The number of amides is 1. The molecule has 1 aliphatic rings. The smallest absolute Gasteiger partial charge is 0.233 e. The summed E-state index contributed by atoms with van der Waals surface area (Å²) in [7, 11) is 1.65. The minimum atomic E-state index is 0.135. The van der Waals surface area contributed by atoms with Crippen molar-refractivity contribution in [3.05, 3.63) is 77.7 Å². The lowest BCUT2D eigenvalue weighted by Gasteiger charge is -2.34. The third-order valence-corrected chi connectivity index (χ3v) is 7.78. The molecule has 5 rings (SSSR count). The number of thioether (sulfide) groups is 1. The summed E-state index contributed by atoms with van der Waals surface area (Å²) >= 11 is 3.05. The van der Waals surface area contributed by atoms with Gasteiger partial charge in [-0.3, -0.25) is 14.3 Å². The molecule has 0 spiro atoms. The molecule has 9 heteroatoms.